The maximum Gasteiger partial charge on any atom is 0.319 e. The highest BCUT2D eigenvalue weighted by Crippen LogP contribution is 2.21. The Bertz CT molecular complexity index is 816. The molecule has 0 saturated heterocycles. The van der Waals surface area contributed by atoms with Gasteiger partial charge in [0.2, 0.25) is 0 Å². The van der Waals surface area contributed by atoms with Crippen LogP contribution in [0.3, 0.4) is 0 Å². The Morgan fingerprint density at radius 3 is 2.92 bits per heavy atom. The number of hydrogen-bond donors (Lipinski definition) is 2. The summed E-state index contributed by atoms with van der Waals surface area (Å²) in [6, 6.07) is 14.2. The van der Waals surface area contributed by atoms with Crippen LogP contribution in [0.25, 0.3) is 11.5 Å². The van der Waals surface area contributed by atoms with Gasteiger partial charge in [-0.05, 0) is 30.3 Å². The largest absolute Gasteiger partial charge is 0.497 e. The number of amides is 2. The third kappa shape index (κ3) is 3.73. The molecule has 0 spiro atoms. The van der Waals surface area contributed by atoms with Gasteiger partial charge in [0.25, 0.3) is 0 Å². The first kappa shape index (κ1) is 15.6. The summed E-state index contributed by atoms with van der Waals surface area (Å²) < 4.78 is 10.5. The van der Waals surface area contributed by atoms with Crippen LogP contribution in [0, 0.1) is 0 Å². The summed E-state index contributed by atoms with van der Waals surface area (Å²) in [4.78, 5) is 16.4. The third-order valence-electron chi connectivity index (χ3n) is 3.41. The van der Waals surface area contributed by atoms with Crippen molar-refractivity contribution < 1.29 is 13.9 Å². The number of carbonyl (C=O) groups is 1. The number of ether oxygens (including phenoxy) is 1. The zero-order valence-corrected chi connectivity index (χ0v) is 13.2. The topological polar surface area (TPSA) is 76.4 Å². The lowest BCUT2D eigenvalue weighted by Crippen LogP contribution is -2.28. The van der Waals surface area contributed by atoms with Crippen molar-refractivity contribution in [1.29, 1.82) is 0 Å². The predicted molar refractivity (Wildman–Crippen MR) is 90.8 cm³/mol. The first-order chi connectivity index (χ1) is 11.8. The molecule has 2 heterocycles. The van der Waals surface area contributed by atoms with Crippen LogP contribution in [0.4, 0.5) is 10.5 Å². The zero-order valence-electron chi connectivity index (χ0n) is 13.2. The normalized spacial score (nSPS) is 10.2. The summed E-state index contributed by atoms with van der Waals surface area (Å²) >= 11 is 0. The fourth-order valence-corrected chi connectivity index (χ4v) is 2.27. The molecule has 0 bridgehead atoms. The summed E-state index contributed by atoms with van der Waals surface area (Å²) in [5.74, 6) is 1.35. The van der Waals surface area contributed by atoms with Crippen molar-refractivity contribution in [2.45, 2.75) is 6.54 Å². The minimum Gasteiger partial charge on any atom is -0.497 e. The quantitative estimate of drug-likeness (QED) is 0.751. The van der Waals surface area contributed by atoms with Gasteiger partial charge in [0.1, 0.15) is 11.4 Å². The number of carbonyl (C=O) groups excluding carboxylic acids is 1. The van der Waals surface area contributed by atoms with Crippen molar-refractivity contribution in [3.8, 4) is 17.2 Å². The van der Waals surface area contributed by atoms with Crippen molar-refractivity contribution in [3.63, 3.8) is 0 Å². The Hall–Kier alpha value is -3.28. The standard InChI is InChI=1S/C18H17N3O3/c1-23-15-7-2-6-14(11-15)21-18(22)20-12-13-5-3-9-19-17(13)16-8-4-10-24-16/h2-11H,12H2,1H3,(H2,20,21,22). The number of aromatic nitrogens is 1. The van der Waals surface area contributed by atoms with Crippen molar-refractivity contribution in [2.75, 3.05) is 12.4 Å². The van der Waals surface area contributed by atoms with Gasteiger partial charge in [-0.1, -0.05) is 12.1 Å². The molecule has 0 fully saturated rings. The molecule has 6 nitrogen and oxygen atoms in total. The molecule has 0 aliphatic rings. The zero-order chi connectivity index (χ0) is 16.8. The SMILES string of the molecule is COc1cccc(NC(=O)NCc2cccnc2-c2ccco2)c1. The highest BCUT2D eigenvalue weighted by molar-refractivity contribution is 5.89. The monoisotopic (exact) mass is 323 g/mol. The molecule has 0 atom stereocenters. The number of pyridine rings is 1. The van der Waals surface area contributed by atoms with Crippen LogP contribution in [0.2, 0.25) is 0 Å². The summed E-state index contributed by atoms with van der Waals surface area (Å²) in [6.07, 6.45) is 3.29. The molecule has 3 aromatic rings. The number of methoxy groups -OCH3 is 1. The van der Waals surface area contributed by atoms with Crippen LogP contribution in [0.1, 0.15) is 5.56 Å². The number of nitrogens with one attached hydrogen (secondary N) is 2. The van der Waals surface area contributed by atoms with Crippen molar-refractivity contribution in [2.24, 2.45) is 0 Å². The second-order valence-corrected chi connectivity index (χ2v) is 5.03. The molecule has 6 heteroatoms. The minimum absolute atomic E-state index is 0.308. The van der Waals surface area contributed by atoms with Gasteiger partial charge in [-0.15, -0.1) is 0 Å². The van der Waals surface area contributed by atoms with Crippen LogP contribution in [0.15, 0.2) is 65.4 Å². The van der Waals surface area contributed by atoms with Gasteiger partial charge in [-0.25, -0.2) is 4.79 Å². The number of nitrogens with zero attached hydrogens (tertiary/aromatic N) is 1. The van der Waals surface area contributed by atoms with Crippen LogP contribution < -0.4 is 15.4 Å². The molecule has 0 saturated carbocycles. The van der Waals surface area contributed by atoms with Crippen molar-refractivity contribution in [3.05, 3.63) is 66.6 Å². The average molecular weight is 323 g/mol. The van der Waals surface area contributed by atoms with E-state index in [1.165, 1.54) is 0 Å². The molecule has 3 rings (SSSR count). The van der Waals surface area contributed by atoms with E-state index in [0.717, 1.165) is 5.56 Å². The number of hydrogen-bond acceptors (Lipinski definition) is 4. The summed E-state index contributed by atoms with van der Waals surface area (Å²) in [5.41, 5.74) is 2.24. The fraction of sp³-hybridized carbons (Fsp3) is 0.111. The van der Waals surface area contributed by atoms with Crippen molar-refractivity contribution in [1.82, 2.24) is 10.3 Å². The second kappa shape index (κ2) is 7.32. The van der Waals surface area contributed by atoms with E-state index in [1.54, 1.807) is 37.8 Å². The molecule has 122 valence electrons. The van der Waals surface area contributed by atoms with E-state index in [0.29, 0.717) is 29.4 Å². The fourth-order valence-electron chi connectivity index (χ4n) is 2.27. The molecular weight excluding hydrogens is 306 g/mol. The van der Waals surface area contributed by atoms with Crippen molar-refractivity contribution >= 4 is 11.7 Å². The number of urea groups is 1. The molecule has 0 aliphatic carbocycles. The molecule has 0 aliphatic heterocycles. The van der Waals surface area contributed by atoms with Crippen LogP contribution >= 0.6 is 0 Å². The van der Waals surface area contributed by atoms with E-state index in [9.17, 15) is 4.79 Å². The lowest BCUT2D eigenvalue weighted by Gasteiger charge is -2.10. The van der Waals surface area contributed by atoms with Crippen LogP contribution in [0.5, 0.6) is 5.75 Å². The molecule has 0 unspecified atom stereocenters. The second-order valence-electron chi connectivity index (χ2n) is 5.03. The van der Waals surface area contributed by atoms with Gasteiger partial charge in [0.05, 0.1) is 13.4 Å². The lowest BCUT2D eigenvalue weighted by atomic mass is 10.1. The maximum absolute atomic E-state index is 12.1. The molecule has 2 N–H and O–H groups in total. The van der Waals surface area contributed by atoms with Crippen LogP contribution in [-0.4, -0.2) is 18.1 Å². The molecule has 2 amide bonds. The van der Waals surface area contributed by atoms with Crippen LogP contribution in [-0.2, 0) is 6.54 Å². The minimum atomic E-state index is -0.308. The first-order valence-electron chi connectivity index (χ1n) is 7.43. The average Bonchev–Trinajstić information content (AvgIpc) is 3.15. The van der Waals surface area contributed by atoms with E-state index in [4.69, 9.17) is 9.15 Å². The molecule has 24 heavy (non-hydrogen) atoms. The van der Waals surface area contributed by atoms with Gasteiger partial charge in [0, 0.05) is 30.1 Å². The highest BCUT2D eigenvalue weighted by atomic mass is 16.5. The van der Waals surface area contributed by atoms with Gasteiger partial charge in [-0.2, -0.15) is 0 Å². The summed E-state index contributed by atoms with van der Waals surface area (Å²) in [6.45, 7) is 0.333. The smallest absolute Gasteiger partial charge is 0.319 e. The Morgan fingerprint density at radius 1 is 1.21 bits per heavy atom. The molecular formula is C18H17N3O3. The Kier molecular flexibility index (Phi) is 4.76. The van der Waals surface area contributed by atoms with E-state index in [2.05, 4.69) is 15.6 Å². The Balaban J connectivity index is 1.65. The molecule has 0 radical (unpaired) electrons. The van der Waals surface area contributed by atoms with Gasteiger partial charge >= 0.3 is 6.03 Å². The van der Waals surface area contributed by atoms with Gasteiger partial charge in [0.15, 0.2) is 5.76 Å². The number of anilines is 1. The lowest BCUT2D eigenvalue weighted by molar-refractivity contribution is 0.251. The molecule has 1 aromatic carbocycles. The Morgan fingerprint density at radius 2 is 2.12 bits per heavy atom. The third-order valence-corrected chi connectivity index (χ3v) is 3.41. The van der Waals surface area contributed by atoms with E-state index < -0.39 is 0 Å². The number of rotatable bonds is 5. The number of benzene rings is 1. The summed E-state index contributed by atoms with van der Waals surface area (Å²) in [7, 11) is 1.58. The van der Waals surface area contributed by atoms with Gasteiger partial charge < -0.3 is 19.8 Å². The van der Waals surface area contributed by atoms with E-state index in [-0.39, 0.29) is 6.03 Å². The highest BCUT2D eigenvalue weighted by Gasteiger charge is 2.10. The summed E-state index contributed by atoms with van der Waals surface area (Å²) in [5, 5.41) is 5.58. The maximum atomic E-state index is 12.1. The predicted octanol–water partition coefficient (Wildman–Crippen LogP) is 3.67. The van der Waals surface area contributed by atoms with E-state index in [1.807, 2.05) is 30.3 Å². The van der Waals surface area contributed by atoms with E-state index >= 15 is 0 Å². The molecule has 2 aromatic heterocycles. The van der Waals surface area contributed by atoms with Gasteiger partial charge in [-0.3, -0.25) is 4.98 Å². The first-order valence-corrected chi connectivity index (χ1v) is 7.43. The number of furan rings is 1. The Labute approximate surface area is 139 Å².